The molecule has 1 aromatic carbocycles. The number of nitrogens with one attached hydrogen (secondary N) is 2. The van der Waals surface area contributed by atoms with Gasteiger partial charge in [-0.25, -0.2) is 4.79 Å². The van der Waals surface area contributed by atoms with Crippen molar-refractivity contribution in [3.05, 3.63) is 29.8 Å². The average molecular weight is 289 g/mol. The van der Waals surface area contributed by atoms with Gasteiger partial charge in [-0.15, -0.1) is 0 Å². The number of rotatable bonds is 5. The standard InChI is InChI=1S/C16H23N3O2/c1-3-19-9-5-8-15(19)11-17-16(21)18-14-7-4-6-13(10-14)12(2)20/h4,6-7,10,15H,3,5,8-9,11H2,1-2H3,(H2,17,18,21). The molecule has 2 amide bonds. The van der Waals surface area contributed by atoms with Gasteiger partial charge in [-0.05, 0) is 45.0 Å². The number of likely N-dealkylation sites (tertiary alicyclic amines) is 1. The summed E-state index contributed by atoms with van der Waals surface area (Å²) < 4.78 is 0. The third-order valence-electron chi connectivity index (χ3n) is 3.93. The number of benzene rings is 1. The Balaban J connectivity index is 1.84. The molecule has 1 fully saturated rings. The third kappa shape index (κ3) is 4.29. The first kappa shape index (κ1) is 15.5. The Hall–Kier alpha value is -1.88. The summed E-state index contributed by atoms with van der Waals surface area (Å²) in [5, 5.41) is 5.68. The van der Waals surface area contributed by atoms with Crippen molar-refractivity contribution in [3.8, 4) is 0 Å². The second-order valence-electron chi connectivity index (χ2n) is 5.40. The van der Waals surface area contributed by atoms with Crippen LogP contribution in [0.15, 0.2) is 24.3 Å². The van der Waals surface area contributed by atoms with E-state index in [1.165, 1.54) is 13.3 Å². The molecular formula is C16H23N3O2. The minimum atomic E-state index is -0.223. The van der Waals surface area contributed by atoms with Gasteiger partial charge in [0.05, 0.1) is 0 Å². The van der Waals surface area contributed by atoms with E-state index in [1.807, 2.05) is 0 Å². The molecule has 1 atom stereocenters. The topological polar surface area (TPSA) is 61.4 Å². The molecule has 2 rings (SSSR count). The van der Waals surface area contributed by atoms with E-state index in [-0.39, 0.29) is 11.8 Å². The van der Waals surface area contributed by atoms with Gasteiger partial charge in [0, 0.05) is 23.8 Å². The largest absolute Gasteiger partial charge is 0.336 e. The van der Waals surface area contributed by atoms with Crippen molar-refractivity contribution in [1.82, 2.24) is 10.2 Å². The maximum atomic E-state index is 11.9. The van der Waals surface area contributed by atoms with Gasteiger partial charge in [-0.2, -0.15) is 0 Å². The molecule has 1 saturated heterocycles. The molecular weight excluding hydrogens is 266 g/mol. The highest BCUT2D eigenvalue weighted by atomic mass is 16.2. The monoisotopic (exact) mass is 289 g/mol. The number of nitrogens with zero attached hydrogens (tertiary/aromatic N) is 1. The van der Waals surface area contributed by atoms with Crippen molar-refractivity contribution in [3.63, 3.8) is 0 Å². The molecule has 0 bridgehead atoms. The SMILES string of the molecule is CCN1CCCC1CNC(=O)Nc1cccc(C(C)=O)c1. The summed E-state index contributed by atoms with van der Waals surface area (Å²) in [7, 11) is 0. The van der Waals surface area contributed by atoms with Crippen LogP contribution in [-0.2, 0) is 0 Å². The highest BCUT2D eigenvalue weighted by Crippen LogP contribution is 2.15. The lowest BCUT2D eigenvalue weighted by Crippen LogP contribution is -2.41. The maximum absolute atomic E-state index is 11.9. The first-order valence-electron chi connectivity index (χ1n) is 7.50. The summed E-state index contributed by atoms with van der Waals surface area (Å²) in [5.74, 6) is -0.0106. The number of carbonyl (C=O) groups excluding carboxylic acids is 2. The van der Waals surface area contributed by atoms with Gasteiger partial charge in [0.2, 0.25) is 0 Å². The molecule has 1 heterocycles. The molecule has 5 heteroatoms. The Morgan fingerprint density at radius 3 is 2.90 bits per heavy atom. The summed E-state index contributed by atoms with van der Waals surface area (Å²) in [6, 6.07) is 7.18. The number of carbonyl (C=O) groups is 2. The van der Waals surface area contributed by atoms with Crippen LogP contribution in [0, 0.1) is 0 Å². The van der Waals surface area contributed by atoms with Crippen LogP contribution in [-0.4, -0.2) is 42.4 Å². The summed E-state index contributed by atoms with van der Waals surface area (Å²) >= 11 is 0. The summed E-state index contributed by atoms with van der Waals surface area (Å²) in [5.41, 5.74) is 1.24. The van der Waals surface area contributed by atoms with Gasteiger partial charge >= 0.3 is 6.03 Å². The zero-order valence-electron chi connectivity index (χ0n) is 12.7. The van der Waals surface area contributed by atoms with E-state index in [0.29, 0.717) is 23.8 Å². The quantitative estimate of drug-likeness (QED) is 0.819. The van der Waals surface area contributed by atoms with Crippen molar-refractivity contribution in [2.24, 2.45) is 0 Å². The van der Waals surface area contributed by atoms with E-state index < -0.39 is 0 Å². The molecule has 21 heavy (non-hydrogen) atoms. The van der Waals surface area contributed by atoms with Crippen LogP contribution in [0.2, 0.25) is 0 Å². The minimum Gasteiger partial charge on any atom is -0.336 e. The first-order valence-corrected chi connectivity index (χ1v) is 7.50. The molecule has 114 valence electrons. The molecule has 5 nitrogen and oxygen atoms in total. The van der Waals surface area contributed by atoms with Gasteiger partial charge in [0.25, 0.3) is 0 Å². The van der Waals surface area contributed by atoms with E-state index in [0.717, 1.165) is 19.5 Å². The Morgan fingerprint density at radius 1 is 1.38 bits per heavy atom. The molecule has 0 saturated carbocycles. The Labute approximate surface area is 125 Å². The summed E-state index contributed by atoms with van der Waals surface area (Å²) in [4.78, 5) is 25.6. The third-order valence-corrected chi connectivity index (χ3v) is 3.93. The van der Waals surface area contributed by atoms with E-state index in [1.54, 1.807) is 24.3 Å². The van der Waals surface area contributed by atoms with Gasteiger partial charge in [-0.3, -0.25) is 9.69 Å². The number of likely N-dealkylation sites (N-methyl/N-ethyl adjacent to an activating group) is 1. The fraction of sp³-hybridized carbons (Fsp3) is 0.500. The van der Waals surface area contributed by atoms with Gasteiger partial charge in [0.1, 0.15) is 0 Å². The number of amides is 2. The Kier molecular flexibility index (Phi) is 5.33. The molecule has 0 aliphatic carbocycles. The molecule has 1 unspecified atom stereocenters. The fourth-order valence-corrected chi connectivity index (χ4v) is 2.74. The van der Waals surface area contributed by atoms with E-state index >= 15 is 0 Å². The number of hydrogen-bond acceptors (Lipinski definition) is 3. The van der Waals surface area contributed by atoms with E-state index in [9.17, 15) is 9.59 Å². The van der Waals surface area contributed by atoms with Crippen LogP contribution in [0.25, 0.3) is 0 Å². The van der Waals surface area contributed by atoms with Crippen molar-refractivity contribution in [2.75, 3.05) is 25.0 Å². The number of Topliss-reactive ketones (excluding diaryl/α,β-unsaturated/α-hetero) is 1. The van der Waals surface area contributed by atoms with Crippen molar-refractivity contribution < 1.29 is 9.59 Å². The number of hydrogen-bond donors (Lipinski definition) is 2. The second-order valence-corrected chi connectivity index (χ2v) is 5.40. The van der Waals surface area contributed by atoms with Crippen LogP contribution in [0.3, 0.4) is 0 Å². The van der Waals surface area contributed by atoms with Crippen LogP contribution in [0.4, 0.5) is 10.5 Å². The molecule has 2 N–H and O–H groups in total. The normalized spacial score (nSPS) is 18.5. The van der Waals surface area contributed by atoms with Gasteiger partial charge in [-0.1, -0.05) is 19.1 Å². The summed E-state index contributed by atoms with van der Waals surface area (Å²) in [6.45, 7) is 6.45. The zero-order valence-corrected chi connectivity index (χ0v) is 12.7. The second kappa shape index (κ2) is 7.22. The smallest absolute Gasteiger partial charge is 0.319 e. The van der Waals surface area contributed by atoms with E-state index in [2.05, 4.69) is 22.5 Å². The number of urea groups is 1. The fourth-order valence-electron chi connectivity index (χ4n) is 2.74. The van der Waals surface area contributed by atoms with E-state index in [4.69, 9.17) is 0 Å². The van der Waals surface area contributed by atoms with Crippen LogP contribution >= 0.6 is 0 Å². The van der Waals surface area contributed by atoms with Crippen LogP contribution < -0.4 is 10.6 Å². The average Bonchev–Trinajstić information content (AvgIpc) is 2.93. The predicted octanol–water partition coefficient (Wildman–Crippen LogP) is 2.50. The van der Waals surface area contributed by atoms with Crippen LogP contribution in [0.1, 0.15) is 37.0 Å². The van der Waals surface area contributed by atoms with Gasteiger partial charge < -0.3 is 10.6 Å². The molecule has 0 spiro atoms. The maximum Gasteiger partial charge on any atom is 0.319 e. The molecule has 1 aliphatic rings. The molecule has 0 radical (unpaired) electrons. The Morgan fingerprint density at radius 2 is 2.19 bits per heavy atom. The lowest BCUT2D eigenvalue weighted by Gasteiger charge is -2.22. The van der Waals surface area contributed by atoms with Crippen molar-refractivity contribution in [1.29, 1.82) is 0 Å². The first-order chi connectivity index (χ1) is 10.1. The van der Waals surface area contributed by atoms with Crippen molar-refractivity contribution >= 4 is 17.5 Å². The Bertz CT molecular complexity index is 516. The minimum absolute atomic E-state index is 0.0106. The zero-order chi connectivity index (χ0) is 15.2. The summed E-state index contributed by atoms with van der Waals surface area (Å²) in [6.07, 6.45) is 2.33. The lowest BCUT2D eigenvalue weighted by atomic mass is 10.1. The van der Waals surface area contributed by atoms with Crippen LogP contribution in [0.5, 0.6) is 0 Å². The highest BCUT2D eigenvalue weighted by molar-refractivity contribution is 5.96. The van der Waals surface area contributed by atoms with Gasteiger partial charge in [0.15, 0.2) is 5.78 Å². The highest BCUT2D eigenvalue weighted by Gasteiger charge is 2.23. The van der Waals surface area contributed by atoms with Crippen molar-refractivity contribution in [2.45, 2.75) is 32.7 Å². The number of ketones is 1. The number of anilines is 1. The lowest BCUT2D eigenvalue weighted by molar-refractivity contribution is 0.101. The predicted molar refractivity (Wildman–Crippen MR) is 83.7 cm³/mol. The molecule has 1 aliphatic heterocycles. The molecule has 1 aromatic rings. The molecule has 0 aromatic heterocycles.